The summed E-state index contributed by atoms with van der Waals surface area (Å²) in [5.41, 5.74) is 0. The van der Waals surface area contributed by atoms with Crippen LogP contribution in [0.2, 0.25) is 0 Å². The fourth-order valence-electron chi connectivity index (χ4n) is 6.07. The number of imide groups is 3. The van der Waals surface area contributed by atoms with E-state index in [-0.39, 0.29) is 21.6 Å². The third-order valence-corrected chi connectivity index (χ3v) is 9.82. The second kappa shape index (κ2) is 32.3. The predicted molar refractivity (Wildman–Crippen MR) is 220 cm³/mol. The van der Waals surface area contributed by atoms with Gasteiger partial charge >= 0.3 is 5.97 Å². The van der Waals surface area contributed by atoms with Crippen molar-refractivity contribution in [1.82, 2.24) is 36.5 Å². The van der Waals surface area contributed by atoms with Gasteiger partial charge in [0.05, 0.1) is 19.1 Å². The molecule has 24 heteroatoms. The molecule has 24 nitrogen and oxygen atoms in total. The molecule has 0 fully saturated rings. The molecule has 0 aromatic rings. The number of unbranched alkanes of at least 4 members (excludes halogenated alkanes) is 10. The fraction of sp³-hybridized carbons (Fsp3) is 0.725. The molecule has 0 radical (unpaired) electrons. The summed E-state index contributed by atoms with van der Waals surface area (Å²) in [5, 5.41) is 66.9. The lowest BCUT2D eigenvalue weighted by atomic mass is 10.0. The van der Waals surface area contributed by atoms with E-state index in [1.165, 1.54) is 32.1 Å². The molecule has 0 aromatic carbocycles. The number of hydroxylamine groups is 6. The number of carbonyl (C=O) groups excluding carboxylic acids is 10. The van der Waals surface area contributed by atoms with Crippen molar-refractivity contribution in [1.29, 1.82) is 0 Å². The molecule has 10 amide bonds. The van der Waals surface area contributed by atoms with Crippen LogP contribution in [0.1, 0.15) is 150 Å². The molecule has 0 saturated carbocycles. The molecule has 10 N–H and O–H groups in total. The minimum absolute atomic E-state index is 0.230. The third-order valence-electron chi connectivity index (χ3n) is 9.82. The second-order valence-electron chi connectivity index (χ2n) is 15.3. The van der Waals surface area contributed by atoms with Gasteiger partial charge in [-0.3, -0.25) is 63.6 Å². The standard InChI is InChI=1S/C40H67N7O17/c1-5-6-7-8-9-10-11-12-13-14-15-16-28(52)23-33(53)41-29(17-20-34(54)45(62)25(2)49)37(57)42-30(18-21-35(55)46(63)26(3)50)38(58)44-32(24-48)39(59)43-31(40(60)61)19-22-36(56)47(64)27(4)51/h28-32,48,52,62-64H,5-24H2,1-4H3,(H,41,53)(H,42,57)(H,43,59)(H,44,58)(H,60,61)/t28?,29-,30-,31-,32-/m0/s1. The van der Waals surface area contributed by atoms with Crippen molar-refractivity contribution >= 4 is 65.0 Å². The summed E-state index contributed by atoms with van der Waals surface area (Å²) in [6, 6.07) is -7.42. The molecule has 5 atom stereocenters. The number of nitrogens with zero attached hydrogens (tertiary/aromatic N) is 3. The van der Waals surface area contributed by atoms with Gasteiger partial charge in [-0.25, -0.2) is 4.79 Å². The fourth-order valence-corrected chi connectivity index (χ4v) is 6.07. The Kier molecular flexibility index (Phi) is 29.5. The van der Waals surface area contributed by atoms with Crippen LogP contribution >= 0.6 is 0 Å². The molecule has 0 rings (SSSR count). The highest BCUT2D eigenvalue weighted by atomic mass is 16.5. The number of aliphatic carboxylic acids is 1. The Morgan fingerprint density at radius 1 is 0.469 bits per heavy atom. The molecular weight excluding hydrogens is 850 g/mol. The number of carboxylic acid groups (broad SMARTS) is 1. The van der Waals surface area contributed by atoms with E-state index >= 15 is 0 Å². The normalized spacial score (nSPS) is 13.2. The first-order valence-corrected chi connectivity index (χ1v) is 21.4. The van der Waals surface area contributed by atoms with Crippen molar-refractivity contribution in [3.63, 3.8) is 0 Å². The molecule has 0 saturated heterocycles. The lowest BCUT2D eigenvalue weighted by molar-refractivity contribution is -0.178. The number of aliphatic hydroxyl groups excluding tert-OH is 2. The van der Waals surface area contributed by atoms with Crippen molar-refractivity contribution in [2.45, 2.75) is 180 Å². The largest absolute Gasteiger partial charge is 0.480 e. The van der Waals surface area contributed by atoms with E-state index in [0.29, 0.717) is 6.42 Å². The molecule has 0 bridgehead atoms. The Bertz CT molecular complexity index is 1600. The van der Waals surface area contributed by atoms with Crippen molar-refractivity contribution in [2.75, 3.05) is 6.61 Å². The average molecular weight is 918 g/mol. The average Bonchev–Trinajstić information content (AvgIpc) is 3.24. The predicted octanol–water partition coefficient (Wildman–Crippen LogP) is 0.0881. The monoisotopic (exact) mass is 917 g/mol. The quantitative estimate of drug-likeness (QED) is 0.0243. The Labute approximate surface area is 371 Å². The first-order chi connectivity index (χ1) is 30.1. The topological polar surface area (TPSA) is 367 Å². The first kappa shape index (κ1) is 58.6. The van der Waals surface area contributed by atoms with Gasteiger partial charge in [0.1, 0.15) is 24.2 Å². The van der Waals surface area contributed by atoms with Crippen LogP contribution in [-0.2, 0) is 52.7 Å². The second-order valence-corrected chi connectivity index (χ2v) is 15.3. The lowest BCUT2D eigenvalue weighted by Crippen LogP contribution is -2.58. The molecule has 0 spiro atoms. The van der Waals surface area contributed by atoms with Crippen LogP contribution in [0.25, 0.3) is 0 Å². The van der Waals surface area contributed by atoms with Gasteiger partial charge in [0.25, 0.3) is 17.7 Å². The number of hydrogen-bond donors (Lipinski definition) is 10. The van der Waals surface area contributed by atoms with Gasteiger partial charge in [-0.15, -0.1) is 0 Å². The zero-order chi connectivity index (χ0) is 48.9. The third kappa shape index (κ3) is 24.4. The van der Waals surface area contributed by atoms with Gasteiger partial charge in [0.2, 0.25) is 41.4 Å². The SMILES string of the molecule is CCCCCCCCCCCCCC(O)CC(=O)N[C@@H](CCC(=O)N(O)C(C)=O)C(=O)N[C@@H](CCC(=O)N(O)C(C)=O)C(=O)N[C@@H](CO)C(=O)N[C@@H](CCC(=O)N(O)C(C)=O)C(=O)O. The summed E-state index contributed by atoms with van der Waals surface area (Å²) in [4.78, 5) is 136. The minimum atomic E-state index is -1.96. The van der Waals surface area contributed by atoms with Gasteiger partial charge < -0.3 is 36.6 Å². The molecule has 0 aliphatic heterocycles. The molecule has 64 heavy (non-hydrogen) atoms. The molecule has 364 valence electrons. The lowest BCUT2D eigenvalue weighted by Gasteiger charge is -2.26. The first-order valence-electron chi connectivity index (χ1n) is 21.4. The Hall–Kier alpha value is -5.43. The van der Waals surface area contributed by atoms with Crippen LogP contribution in [-0.4, -0.2) is 148 Å². The summed E-state index contributed by atoms with van der Waals surface area (Å²) in [6.07, 6.45) is 6.08. The number of rotatable bonds is 32. The number of amides is 10. The Morgan fingerprint density at radius 3 is 1.17 bits per heavy atom. The van der Waals surface area contributed by atoms with E-state index in [0.717, 1.165) is 52.9 Å². The number of hydrogen-bond acceptors (Lipinski definition) is 16. The number of aliphatic hydroxyl groups is 2. The van der Waals surface area contributed by atoms with Crippen LogP contribution in [0.3, 0.4) is 0 Å². The molecule has 0 aliphatic carbocycles. The molecule has 0 heterocycles. The van der Waals surface area contributed by atoms with Crippen molar-refractivity contribution in [3.8, 4) is 0 Å². The van der Waals surface area contributed by atoms with Crippen LogP contribution in [0.4, 0.5) is 0 Å². The smallest absolute Gasteiger partial charge is 0.326 e. The highest BCUT2D eigenvalue weighted by molar-refractivity contribution is 5.97. The zero-order valence-electron chi connectivity index (χ0n) is 37.0. The maximum absolute atomic E-state index is 13.7. The summed E-state index contributed by atoms with van der Waals surface area (Å²) in [7, 11) is 0. The van der Waals surface area contributed by atoms with Gasteiger partial charge in [-0.1, -0.05) is 77.6 Å². The van der Waals surface area contributed by atoms with E-state index in [2.05, 4.69) is 17.6 Å². The van der Waals surface area contributed by atoms with Gasteiger partial charge in [-0.05, 0) is 25.7 Å². The summed E-state index contributed by atoms with van der Waals surface area (Å²) in [5.74, 6) is -13.3. The Balaban J connectivity index is 6.07. The van der Waals surface area contributed by atoms with Crippen LogP contribution in [0.5, 0.6) is 0 Å². The van der Waals surface area contributed by atoms with Crippen molar-refractivity contribution in [3.05, 3.63) is 0 Å². The zero-order valence-corrected chi connectivity index (χ0v) is 37.0. The molecular formula is C40H67N7O17. The Morgan fingerprint density at radius 2 is 0.797 bits per heavy atom. The van der Waals surface area contributed by atoms with Gasteiger partial charge in [-0.2, -0.15) is 15.2 Å². The van der Waals surface area contributed by atoms with Crippen LogP contribution in [0.15, 0.2) is 0 Å². The van der Waals surface area contributed by atoms with E-state index in [4.69, 9.17) is 0 Å². The van der Waals surface area contributed by atoms with Gasteiger partial charge in [0, 0.05) is 40.0 Å². The van der Waals surface area contributed by atoms with Crippen LogP contribution in [0, 0.1) is 0 Å². The van der Waals surface area contributed by atoms with Crippen molar-refractivity contribution < 1.29 is 83.7 Å². The van der Waals surface area contributed by atoms with E-state index in [9.17, 15) is 83.7 Å². The van der Waals surface area contributed by atoms with E-state index in [1.807, 2.05) is 10.6 Å². The molecule has 0 aliphatic rings. The van der Waals surface area contributed by atoms with Gasteiger partial charge in [0.15, 0.2) is 0 Å². The number of nitrogens with one attached hydrogen (secondary N) is 4. The summed E-state index contributed by atoms with van der Waals surface area (Å²) >= 11 is 0. The van der Waals surface area contributed by atoms with Crippen molar-refractivity contribution in [2.24, 2.45) is 0 Å². The number of carbonyl (C=O) groups is 11. The maximum Gasteiger partial charge on any atom is 0.326 e. The van der Waals surface area contributed by atoms with Crippen LogP contribution < -0.4 is 21.3 Å². The van der Waals surface area contributed by atoms with E-state index in [1.54, 1.807) is 0 Å². The highest BCUT2D eigenvalue weighted by Crippen LogP contribution is 2.14. The summed E-state index contributed by atoms with van der Waals surface area (Å²) < 4.78 is 0. The highest BCUT2D eigenvalue weighted by Gasteiger charge is 2.33. The molecule has 1 unspecified atom stereocenters. The minimum Gasteiger partial charge on any atom is -0.480 e. The molecule has 0 aromatic heterocycles. The van der Waals surface area contributed by atoms with E-state index < -0.39 is 147 Å². The summed E-state index contributed by atoms with van der Waals surface area (Å²) in [6.45, 7) is 3.52. The maximum atomic E-state index is 13.7. The number of carboxylic acids is 1.